The molecule has 1 atom stereocenters. The van der Waals surface area contributed by atoms with Crippen molar-refractivity contribution in [2.75, 3.05) is 13.9 Å². The van der Waals surface area contributed by atoms with Gasteiger partial charge in [-0.2, -0.15) is 13.2 Å². The van der Waals surface area contributed by atoms with Gasteiger partial charge in [0.1, 0.15) is 11.3 Å². The number of carbonyl (C=O) groups excluding carboxylic acids is 3. The van der Waals surface area contributed by atoms with Gasteiger partial charge in [-0.1, -0.05) is 12.1 Å². The first-order valence-electron chi connectivity index (χ1n) is 9.56. The molecule has 13 heteroatoms. The van der Waals surface area contributed by atoms with Gasteiger partial charge in [0.05, 0.1) is 12.4 Å². The zero-order chi connectivity index (χ0) is 24.1. The van der Waals surface area contributed by atoms with Crippen LogP contribution < -0.4 is 9.97 Å². The summed E-state index contributed by atoms with van der Waals surface area (Å²) in [4.78, 5) is 36.0. The number of hydrogen-bond donors (Lipinski definition) is 2. The molecule has 1 aromatic rings. The molecule has 2 rings (SSSR count). The minimum absolute atomic E-state index is 0.00524. The quantitative estimate of drug-likeness (QED) is 0.340. The first-order valence-corrected chi connectivity index (χ1v) is 9.56. The van der Waals surface area contributed by atoms with Gasteiger partial charge in [0.15, 0.2) is 5.60 Å². The summed E-state index contributed by atoms with van der Waals surface area (Å²) in [5.41, 5.74) is -0.876. The van der Waals surface area contributed by atoms with Crippen LogP contribution in [0.5, 0.6) is 5.75 Å². The van der Waals surface area contributed by atoms with E-state index < -0.39 is 62.3 Å². The topological polar surface area (TPSA) is 120 Å². The van der Waals surface area contributed by atoms with E-state index in [0.29, 0.717) is 5.56 Å². The molecule has 0 saturated heterocycles. The van der Waals surface area contributed by atoms with E-state index in [9.17, 15) is 32.6 Å². The third-order valence-corrected chi connectivity index (χ3v) is 4.70. The summed E-state index contributed by atoms with van der Waals surface area (Å²) in [5.74, 6) is -3.56. The molecule has 0 fully saturated rings. The third kappa shape index (κ3) is 6.85. The number of fused-ring (bicyclic) bond motifs is 1. The van der Waals surface area contributed by atoms with Gasteiger partial charge < -0.3 is 29.2 Å². The Morgan fingerprint density at radius 2 is 1.94 bits per heavy atom. The monoisotopic (exact) mass is 461 g/mol. The molecule has 2 N–H and O–H groups in total. The van der Waals surface area contributed by atoms with E-state index in [1.807, 2.05) is 0 Å². The number of para-hydroxylation sites is 1. The van der Waals surface area contributed by atoms with Crippen LogP contribution in [-0.4, -0.2) is 61.6 Å². The van der Waals surface area contributed by atoms with Crippen molar-refractivity contribution in [3.05, 3.63) is 29.3 Å². The lowest BCUT2D eigenvalue weighted by Gasteiger charge is -2.29. The summed E-state index contributed by atoms with van der Waals surface area (Å²) in [6, 6.07) is 4.42. The number of hydrogen-bond acceptors (Lipinski definition) is 8. The zero-order valence-corrected chi connectivity index (χ0v) is 17.7. The summed E-state index contributed by atoms with van der Waals surface area (Å²) in [6.45, 7) is 2.26. The Hall–Kier alpha value is -2.80. The van der Waals surface area contributed by atoms with Crippen molar-refractivity contribution in [1.29, 1.82) is 0 Å². The van der Waals surface area contributed by atoms with E-state index in [0.717, 1.165) is 0 Å². The van der Waals surface area contributed by atoms with Gasteiger partial charge in [0, 0.05) is 13.5 Å². The molecule has 0 saturated carbocycles. The van der Waals surface area contributed by atoms with Crippen LogP contribution in [0.15, 0.2) is 18.2 Å². The largest absolute Gasteiger partial charge is 0.547 e. The van der Waals surface area contributed by atoms with Crippen LogP contribution in [0.1, 0.15) is 42.6 Å². The Kier molecular flexibility index (Phi) is 8.13. The Bertz CT molecular complexity index is 861. The Labute approximate surface area is 182 Å². The number of methoxy groups -OCH3 is 1. The molecule has 32 heavy (non-hydrogen) atoms. The molecule has 0 aromatic heterocycles. The van der Waals surface area contributed by atoms with Crippen LogP contribution in [0, 0.1) is 0 Å². The average molecular weight is 461 g/mol. The summed E-state index contributed by atoms with van der Waals surface area (Å²) < 4.78 is 56.8. The molecular weight excluding hydrogens is 438 g/mol. The maximum Gasteiger partial charge on any atom is 0.547 e. The molecule has 1 heterocycles. The summed E-state index contributed by atoms with van der Waals surface area (Å²) >= 11 is 0. The van der Waals surface area contributed by atoms with E-state index >= 15 is 0 Å². The number of carbonyl (C=O) groups is 3. The molecule has 1 aliphatic heterocycles. The highest BCUT2D eigenvalue weighted by molar-refractivity contribution is 6.47. The minimum Gasteiger partial charge on any atom is -0.534 e. The van der Waals surface area contributed by atoms with Crippen molar-refractivity contribution in [2.45, 2.75) is 50.8 Å². The van der Waals surface area contributed by atoms with Gasteiger partial charge in [0.2, 0.25) is 12.7 Å². The Morgan fingerprint density at radius 1 is 1.25 bits per heavy atom. The van der Waals surface area contributed by atoms with Gasteiger partial charge in [-0.25, -0.2) is 9.59 Å². The fourth-order valence-corrected chi connectivity index (χ4v) is 2.71. The van der Waals surface area contributed by atoms with Gasteiger partial charge in [-0.05, 0) is 31.9 Å². The van der Waals surface area contributed by atoms with Crippen LogP contribution in [0.4, 0.5) is 13.2 Å². The van der Waals surface area contributed by atoms with E-state index in [4.69, 9.17) is 18.9 Å². The Balaban J connectivity index is 2.00. The standard InChI is InChI=1S/C19H23BF3NO8/c1-18(2,29-3)17(27)31-10-30-16(26)12-6-4-5-11-9-13(20(28)32-15(11)12)24-14(25)7-8-19(21,22)23/h4-6,13,28H,7-10H2,1-3H3,(H,24,25)/t13-/m0/s1. The maximum absolute atomic E-state index is 12.4. The lowest BCUT2D eigenvalue weighted by molar-refractivity contribution is -0.173. The third-order valence-electron chi connectivity index (χ3n) is 4.70. The number of nitrogens with one attached hydrogen (secondary N) is 1. The van der Waals surface area contributed by atoms with Crippen LogP contribution in [0.3, 0.4) is 0 Å². The summed E-state index contributed by atoms with van der Waals surface area (Å²) in [6.07, 6.45) is -6.55. The van der Waals surface area contributed by atoms with Crippen LogP contribution in [0.2, 0.25) is 0 Å². The predicted octanol–water partition coefficient (Wildman–Crippen LogP) is 1.55. The molecule has 0 unspecified atom stereocenters. The second-order valence-electron chi connectivity index (χ2n) is 7.49. The van der Waals surface area contributed by atoms with Gasteiger partial charge in [-0.15, -0.1) is 0 Å². The molecule has 0 bridgehead atoms. The van der Waals surface area contributed by atoms with E-state index in [2.05, 4.69) is 5.32 Å². The molecule has 0 radical (unpaired) electrons. The molecule has 0 spiro atoms. The maximum atomic E-state index is 12.4. The molecular formula is C19H23BF3NO8. The van der Waals surface area contributed by atoms with Crippen LogP contribution >= 0.6 is 0 Å². The van der Waals surface area contributed by atoms with Gasteiger partial charge in [0.25, 0.3) is 0 Å². The first-order chi connectivity index (χ1) is 14.8. The van der Waals surface area contributed by atoms with Crippen molar-refractivity contribution < 1.29 is 51.4 Å². The van der Waals surface area contributed by atoms with Crippen molar-refractivity contribution in [1.82, 2.24) is 5.32 Å². The average Bonchev–Trinajstić information content (AvgIpc) is 2.71. The van der Waals surface area contributed by atoms with E-state index in [1.54, 1.807) is 6.07 Å². The number of alkyl halides is 3. The van der Waals surface area contributed by atoms with Crippen LogP contribution in [0.25, 0.3) is 0 Å². The summed E-state index contributed by atoms with van der Waals surface area (Å²) in [5, 5.41) is 12.5. The predicted molar refractivity (Wildman–Crippen MR) is 103 cm³/mol. The van der Waals surface area contributed by atoms with Crippen molar-refractivity contribution >= 4 is 25.0 Å². The molecule has 176 valence electrons. The smallest absolute Gasteiger partial charge is 0.534 e. The second-order valence-corrected chi connectivity index (χ2v) is 7.49. The number of halogens is 3. The molecule has 1 aliphatic rings. The fourth-order valence-electron chi connectivity index (χ4n) is 2.71. The number of esters is 2. The van der Waals surface area contributed by atoms with Crippen molar-refractivity contribution in [2.24, 2.45) is 0 Å². The van der Waals surface area contributed by atoms with E-state index in [-0.39, 0.29) is 17.7 Å². The van der Waals surface area contributed by atoms with Gasteiger partial charge >= 0.3 is 25.2 Å². The Morgan fingerprint density at radius 3 is 2.56 bits per heavy atom. The summed E-state index contributed by atoms with van der Waals surface area (Å²) in [7, 11) is -0.287. The highest BCUT2D eigenvalue weighted by Gasteiger charge is 2.38. The lowest BCUT2D eigenvalue weighted by Crippen LogP contribution is -2.53. The lowest BCUT2D eigenvalue weighted by atomic mass is 9.72. The highest BCUT2D eigenvalue weighted by Crippen LogP contribution is 2.31. The van der Waals surface area contributed by atoms with E-state index in [1.165, 1.54) is 33.1 Å². The SMILES string of the molecule is COC(C)(C)C(=O)OCOC(=O)c1cccc2c1OB(O)[C@@H](NC(=O)CCC(F)(F)F)C2. The first kappa shape index (κ1) is 25.5. The number of benzene rings is 1. The minimum atomic E-state index is -4.48. The van der Waals surface area contributed by atoms with Crippen LogP contribution in [-0.2, 0) is 30.2 Å². The molecule has 0 aliphatic carbocycles. The van der Waals surface area contributed by atoms with Crippen molar-refractivity contribution in [3.63, 3.8) is 0 Å². The zero-order valence-electron chi connectivity index (χ0n) is 17.7. The van der Waals surface area contributed by atoms with Gasteiger partial charge in [-0.3, -0.25) is 4.79 Å². The van der Waals surface area contributed by atoms with Crippen molar-refractivity contribution in [3.8, 4) is 5.75 Å². The number of amides is 1. The number of rotatable bonds is 8. The number of ether oxygens (including phenoxy) is 3. The molecule has 1 amide bonds. The molecule has 9 nitrogen and oxygen atoms in total. The second kappa shape index (κ2) is 10.2. The molecule has 1 aromatic carbocycles. The normalized spacial score (nSPS) is 16.0. The highest BCUT2D eigenvalue weighted by atomic mass is 19.4. The fraction of sp³-hybridized carbons (Fsp3) is 0.526.